The van der Waals surface area contributed by atoms with Gasteiger partial charge < -0.3 is 9.88 Å². The van der Waals surface area contributed by atoms with Gasteiger partial charge in [-0.05, 0) is 30.7 Å². The summed E-state index contributed by atoms with van der Waals surface area (Å²) in [6, 6.07) is 16.4. The van der Waals surface area contributed by atoms with Crippen molar-refractivity contribution in [2.24, 2.45) is 0 Å². The van der Waals surface area contributed by atoms with Crippen molar-refractivity contribution in [1.29, 1.82) is 5.26 Å². The van der Waals surface area contributed by atoms with E-state index in [1.807, 2.05) is 31.3 Å². The van der Waals surface area contributed by atoms with E-state index < -0.39 is 4.92 Å². The molecule has 0 saturated heterocycles. The fourth-order valence-electron chi connectivity index (χ4n) is 3.39. The van der Waals surface area contributed by atoms with Crippen molar-refractivity contribution < 1.29 is 4.92 Å². The molecule has 4 rings (SSSR count). The van der Waals surface area contributed by atoms with Gasteiger partial charge in [0.2, 0.25) is 0 Å². The highest BCUT2D eigenvalue weighted by Crippen LogP contribution is 2.28. The Morgan fingerprint density at radius 3 is 2.79 bits per heavy atom. The van der Waals surface area contributed by atoms with E-state index in [1.54, 1.807) is 12.1 Å². The van der Waals surface area contributed by atoms with E-state index in [4.69, 9.17) is 0 Å². The van der Waals surface area contributed by atoms with E-state index >= 15 is 0 Å². The van der Waals surface area contributed by atoms with Crippen LogP contribution in [0, 0.1) is 21.4 Å². The number of aromatic nitrogens is 2. The number of hydrogen-bond acceptors (Lipinski definition) is 5. The van der Waals surface area contributed by atoms with Gasteiger partial charge in [0, 0.05) is 47.7 Å². The molecule has 4 aromatic rings. The number of nitro groups is 1. The number of fused-ring (bicyclic) bond motifs is 2. The molecule has 28 heavy (non-hydrogen) atoms. The molecule has 2 aromatic carbocycles. The van der Waals surface area contributed by atoms with Gasteiger partial charge in [0.1, 0.15) is 5.82 Å². The van der Waals surface area contributed by atoms with Gasteiger partial charge in [-0.3, -0.25) is 10.1 Å². The summed E-state index contributed by atoms with van der Waals surface area (Å²) < 4.78 is 0. The van der Waals surface area contributed by atoms with Crippen LogP contribution in [0.25, 0.3) is 21.8 Å². The van der Waals surface area contributed by atoms with Crippen molar-refractivity contribution in [2.75, 3.05) is 11.4 Å². The molecular weight excluding hydrogens is 354 g/mol. The van der Waals surface area contributed by atoms with Crippen LogP contribution in [0.4, 0.5) is 11.5 Å². The summed E-state index contributed by atoms with van der Waals surface area (Å²) in [5.41, 5.74) is 3.11. The summed E-state index contributed by atoms with van der Waals surface area (Å²) in [6.45, 7) is 3.37. The number of H-pyrrole nitrogens is 1. The maximum Gasteiger partial charge on any atom is 0.270 e. The Hall–Kier alpha value is -3.92. The minimum Gasteiger partial charge on any atom is -0.361 e. The van der Waals surface area contributed by atoms with Gasteiger partial charge >= 0.3 is 0 Å². The van der Waals surface area contributed by atoms with Crippen LogP contribution < -0.4 is 4.90 Å². The average Bonchev–Trinajstić information content (AvgIpc) is 3.13. The lowest BCUT2D eigenvalue weighted by atomic mass is 10.1. The molecule has 7 heteroatoms. The van der Waals surface area contributed by atoms with E-state index in [9.17, 15) is 15.4 Å². The van der Waals surface area contributed by atoms with Gasteiger partial charge in [-0.25, -0.2) is 4.98 Å². The Kier molecular flexibility index (Phi) is 4.38. The van der Waals surface area contributed by atoms with Crippen LogP contribution in [-0.2, 0) is 6.54 Å². The van der Waals surface area contributed by atoms with E-state index in [0.29, 0.717) is 35.4 Å². The Morgan fingerprint density at radius 2 is 2.04 bits per heavy atom. The lowest BCUT2D eigenvalue weighted by molar-refractivity contribution is -0.384. The maximum atomic E-state index is 11.0. The van der Waals surface area contributed by atoms with Crippen LogP contribution in [0.3, 0.4) is 0 Å². The molecular formula is C21H17N5O2. The molecule has 0 atom stereocenters. The molecule has 0 amide bonds. The van der Waals surface area contributed by atoms with Gasteiger partial charge in [0.15, 0.2) is 0 Å². The number of para-hydroxylation sites is 1. The Labute approximate surface area is 161 Å². The molecule has 7 nitrogen and oxygen atoms in total. The maximum absolute atomic E-state index is 11.0. The van der Waals surface area contributed by atoms with Crippen LogP contribution in [0.15, 0.2) is 54.7 Å². The van der Waals surface area contributed by atoms with E-state index in [0.717, 1.165) is 16.5 Å². The zero-order chi connectivity index (χ0) is 19.7. The van der Waals surface area contributed by atoms with Gasteiger partial charge in [-0.1, -0.05) is 18.2 Å². The van der Waals surface area contributed by atoms with Crippen molar-refractivity contribution in [3.05, 3.63) is 76.0 Å². The summed E-state index contributed by atoms with van der Waals surface area (Å²) in [5.74, 6) is 0.672. The van der Waals surface area contributed by atoms with Crippen LogP contribution in [0.1, 0.15) is 18.1 Å². The normalized spacial score (nSPS) is 10.9. The van der Waals surface area contributed by atoms with Crippen molar-refractivity contribution in [3.8, 4) is 6.07 Å². The molecule has 0 aliphatic carbocycles. The van der Waals surface area contributed by atoms with Crippen LogP contribution in [0.2, 0.25) is 0 Å². The summed E-state index contributed by atoms with van der Waals surface area (Å²) >= 11 is 0. The Morgan fingerprint density at radius 1 is 1.21 bits per heavy atom. The number of anilines is 1. The number of rotatable bonds is 5. The minimum absolute atomic E-state index is 0.0512. The molecule has 0 saturated carbocycles. The average molecular weight is 371 g/mol. The molecule has 0 bridgehead atoms. The first-order chi connectivity index (χ1) is 13.6. The predicted molar refractivity (Wildman–Crippen MR) is 108 cm³/mol. The lowest BCUT2D eigenvalue weighted by Gasteiger charge is -2.22. The number of non-ortho nitro benzene ring substituents is 1. The van der Waals surface area contributed by atoms with E-state index in [2.05, 4.69) is 27.0 Å². The second kappa shape index (κ2) is 7.00. The number of nitrogens with one attached hydrogen (secondary N) is 1. The molecule has 2 heterocycles. The first kappa shape index (κ1) is 17.5. The summed E-state index contributed by atoms with van der Waals surface area (Å²) in [4.78, 5) is 20.6. The smallest absolute Gasteiger partial charge is 0.270 e. The predicted octanol–water partition coefficient (Wildman–Crippen LogP) is 4.52. The molecule has 0 aliphatic rings. The van der Waals surface area contributed by atoms with Crippen molar-refractivity contribution in [2.45, 2.75) is 13.5 Å². The highest BCUT2D eigenvalue weighted by Gasteiger charge is 2.15. The first-order valence-electron chi connectivity index (χ1n) is 8.90. The third-order valence-corrected chi connectivity index (χ3v) is 4.85. The van der Waals surface area contributed by atoms with Crippen LogP contribution in [-0.4, -0.2) is 21.4 Å². The molecule has 138 valence electrons. The van der Waals surface area contributed by atoms with Gasteiger partial charge in [0.25, 0.3) is 5.69 Å². The largest absolute Gasteiger partial charge is 0.361 e. The second-order valence-electron chi connectivity index (χ2n) is 6.47. The monoisotopic (exact) mass is 371 g/mol. The minimum atomic E-state index is -0.468. The number of nitriles is 1. The molecule has 2 aromatic heterocycles. The van der Waals surface area contributed by atoms with E-state index in [-0.39, 0.29) is 5.69 Å². The van der Waals surface area contributed by atoms with Crippen LogP contribution >= 0.6 is 0 Å². The molecule has 0 fully saturated rings. The number of benzene rings is 2. The molecule has 0 spiro atoms. The highest BCUT2D eigenvalue weighted by molar-refractivity contribution is 5.88. The van der Waals surface area contributed by atoms with Gasteiger partial charge in [-0.15, -0.1) is 0 Å². The van der Waals surface area contributed by atoms with Gasteiger partial charge in [0.05, 0.1) is 22.1 Å². The summed E-state index contributed by atoms with van der Waals surface area (Å²) in [5, 5.41) is 22.3. The zero-order valence-corrected chi connectivity index (χ0v) is 15.2. The molecule has 1 N–H and O–H groups in total. The summed E-state index contributed by atoms with van der Waals surface area (Å²) in [6.07, 6.45) is 1.99. The van der Waals surface area contributed by atoms with Crippen molar-refractivity contribution in [1.82, 2.24) is 9.97 Å². The topological polar surface area (TPSA) is 98.8 Å². The third kappa shape index (κ3) is 3.01. The van der Waals surface area contributed by atoms with E-state index in [1.165, 1.54) is 12.1 Å². The zero-order valence-electron chi connectivity index (χ0n) is 15.2. The SMILES string of the molecule is CCN(Cc1c[nH]c2ccccc12)c1cc(C#N)c2cc([N+](=O)[O-])ccc2n1. The fourth-order valence-corrected chi connectivity index (χ4v) is 3.39. The van der Waals surface area contributed by atoms with Crippen LogP contribution in [0.5, 0.6) is 0 Å². The number of nitrogens with zero attached hydrogens (tertiary/aromatic N) is 4. The summed E-state index contributed by atoms with van der Waals surface area (Å²) in [7, 11) is 0. The molecule has 0 radical (unpaired) electrons. The number of hydrogen-bond donors (Lipinski definition) is 1. The fraction of sp³-hybridized carbons (Fsp3) is 0.143. The quantitative estimate of drug-likeness (QED) is 0.411. The number of nitro benzene ring substituents is 1. The Bertz CT molecular complexity index is 1240. The van der Waals surface area contributed by atoms with Gasteiger partial charge in [-0.2, -0.15) is 5.26 Å². The Balaban J connectivity index is 1.77. The molecule has 0 aliphatic heterocycles. The number of pyridine rings is 1. The highest BCUT2D eigenvalue weighted by atomic mass is 16.6. The first-order valence-corrected chi connectivity index (χ1v) is 8.90. The second-order valence-corrected chi connectivity index (χ2v) is 6.47. The lowest BCUT2D eigenvalue weighted by Crippen LogP contribution is -2.23. The van der Waals surface area contributed by atoms with Crippen molar-refractivity contribution in [3.63, 3.8) is 0 Å². The number of aromatic amines is 1. The third-order valence-electron chi connectivity index (χ3n) is 4.85. The van der Waals surface area contributed by atoms with Crippen molar-refractivity contribution >= 4 is 33.3 Å². The molecule has 0 unspecified atom stereocenters. The standard InChI is InChI=1S/C21H17N5O2/c1-2-25(13-15-12-23-19-6-4-3-5-17(15)19)21-9-14(11-22)18-10-16(26(27)28)7-8-20(18)24-21/h3-10,12,23H,2,13H2,1H3.